The maximum atomic E-state index is 13.0. The van der Waals surface area contributed by atoms with Gasteiger partial charge in [-0.25, -0.2) is 4.68 Å². The largest absolute Gasteiger partial charge is 0.497 e. The van der Waals surface area contributed by atoms with E-state index in [9.17, 15) is 4.79 Å². The summed E-state index contributed by atoms with van der Waals surface area (Å²) < 4.78 is 6.95. The second-order valence-corrected chi connectivity index (χ2v) is 9.49. The van der Waals surface area contributed by atoms with Crippen molar-refractivity contribution in [3.63, 3.8) is 0 Å². The fourth-order valence-corrected chi connectivity index (χ4v) is 4.93. The summed E-state index contributed by atoms with van der Waals surface area (Å²) in [5.41, 5.74) is 2.45. The van der Waals surface area contributed by atoms with Crippen molar-refractivity contribution in [2.75, 3.05) is 20.2 Å². The van der Waals surface area contributed by atoms with Gasteiger partial charge >= 0.3 is 0 Å². The van der Waals surface area contributed by atoms with Gasteiger partial charge in [0, 0.05) is 13.1 Å². The van der Waals surface area contributed by atoms with Crippen molar-refractivity contribution in [3.8, 4) is 5.75 Å². The quantitative estimate of drug-likeness (QED) is 0.487. The lowest BCUT2D eigenvalue weighted by Gasteiger charge is -2.33. The summed E-state index contributed by atoms with van der Waals surface area (Å²) in [4.78, 5) is 15.0. The Kier molecular flexibility index (Phi) is 7.42. The Morgan fingerprint density at radius 3 is 2.50 bits per heavy atom. The van der Waals surface area contributed by atoms with Crippen LogP contribution >= 0.6 is 11.8 Å². The highest BCUT2D eigenvalue weighted by molar-refractivity contribution is 8.00. The molecule has 8 heteroatoms. The number of thioether (sulfide) groups is 1. The van der Waals surface area contributed by atoms with Crippen LogP contribution in [0.2, 0.25) is 0 Å². The Bertz CT molecular complexity index is 1000. The van der Waals surface area contributed by atoms with E-state index in [4.69, 9.17) is 4.74 Å². The van der Waals surface area contributed by atoms with E-state index in [2.05, 4.69) is 45.9 Å². The normalized spacial score (nSPS) is 15.5. The molecule has 1 unspecified atom stereocenters. The van der Waals surface area contributed by atoms with E-state index in [-0.39, 0.29) is 11.2 Å². The summed E-state index contributed by atoms with van der Waals surface area (Å²) in [6.45, 7) is 4.12. The lowest BCUT2D eigenvalue weighted by Crippen LogP contribution is -2.42. The average Bonchev–Trinajstić information content (AvgIpc) is 3.26. The number of benzene rings is 2. The van der Waals surface area contributed by atoms with Gasteiger partial charge in [0.2, 0.25) is 11.1 Å². The molecule has 1 aliphatic heterocycles. The second kappa shape index (κ2) is 10.6. The molecule has 0 spiro atoms. The van der Waals surface area contributed by atoms with Gasteiger partial charge in [-0.15, -0.1) is 5.10 Å². The molecule has 32 heavy (non-hydrogen) atoms. The zero-order chi connectivity index (χ0) is 22.3. The fraction of sp³-hybridized carbons (Fsp3) is 0.417. The summed E-state index contributed by atoms with van der Waals surface area (Å²) in [6, 6.07) is 18.4. The van der Waals surface area contributed by atoms with Gasteiger partial charge in [-0.3, -0.25) is 4.79 Å². The molecule has 1 saturated heterocycles. The number of rotatable bonds is 8. The van der Waals surface area contributed by atoms with Crippen LogP contribution in [0.4, 0.5) is 0 Å². The standard InChI is InChI=1S/C24H29N5O2S/c1-18(23(30)28-14-12-20(13-15-28)16-19-6-4-3-5-7-19)32-24-25-26-27-29(24)17-21-8-10-22(31-2)11-9-21/h3-11,18,20H,12-17H2,1-2H3. The number of amides is 1. The Labute approximate surface area is 193 Å². The first-order chi connectivity index (χ1) is 15.6. The number of piperidine rings is 1. The first kappa shape index (κ1) is 22.3. The summed E-state index contributed by atoms with van der Waals surface area (Å²) in [6.07, 6.45) is 3.19. The van der Waals surface area contributed by atoms with Crippen LogP contribution < -0.4 is 4.74 Å². The van der Waals surface area contributed by atoms with Crippen molar-refractivity contribution in [1.29, 1.82) is 0 Å². The SMILES string of the molecule is COc1ccc(Cn2nnnc2SC(C)C(=O)N2CCC(Cc3ccccc3)CC2)cc1. The van der Waals surface area contributed by atoms with Gasteiger partial charge in [-0.1, -0.05) is 54.2 Å². The topological polar surface area (TPSA) is 73.1 Å². The highest BCUT2D eigenvalue weighted by Crippen LogP contribution is 2.26. The number of carbonyl (C=O) groups is 1. The van der Waals surface area contributed by atoms with E-state index >= 15 is 0 Å². The van der Waals surface area contributed by atoms with Gasteiger partial charge in [-0.2, -0.15) is 0 Å². The van der Waals surface area contributed by atoms with Crippen molar-refractivity contribution < 1.29 is 9.53 Å². The number of carbonyl (C=O) groups excluding carboxylic acids is 1. The predicted molar refractivity (Wildman–Crippen MR) is 125 cm³/mol. The van der Waals surface area contributed by atoms with Gasteiger partial charge in [0.05, 0.1) is 18.9 Å². The molecule has 0 saturated carbocycles. The highest BCUT2D eigenvalue weighted by atomic mass is 32.2. The molecule has 1 aromatic heterocycles. The van der Waals surface area contributed by atoms with Crippen molar-refractivity contribution in [3.05, 3.63) is 65.7 Å². The molecule has 3 aromatic rings. The van der Waals surface area contributed by atoms with E-state index in [1.54, 1.807) is 11.8 Å². The lowest BCUT2D eigenvalue weighted by molar-refractivity contribution is -0.131. The molecular formula is C24H29N5O2S. The number of methoxy groups -OCH3 is 1. The highest BCUT2D eigenvalue weighted by Gasteiger charge is 2.27. The Morgan fingerprint density at radius 1 is 1.09 bits per heavy atom. The van der Waals surface area contributed by atoms with Crippen molar-refractivity contribution in [2.24, 2.45) is 5.92 Å². The molecule has 0 radical (unpaired) electrons. The summed E-state index contributed by atoms with van der Waals surface area (Å²) >= 11 is 1.42. The summed E-state index contributed by atoms with van der Waals surface area (Å²) in [5, 5.41) is 12.5. The van der Waals surface area contributed by atoms with Crippen LogP contribution in [0.5, 0.6) is 5.75 Å². The van der Waals surface area contributed by atoms with E-state index in [0.29, 0.717) is 17.6 Å². The van der Waals surface area contributed by atoms with Crippen molar-refractivity contribution in [1.82, 2.24) is 25.1 Å². The number of hydrogen-bond donors (Lipinski definition) is 0. The molecule has 0 aliphatic carbocycles. The number of aromatic nitrogens is 4. The smallest absolute Gasteiger partial charge is 0.235 e. The maximum Gasteiger partial charge on any atom is 0.235 e. The molecule has 1 aliphatic rings. The van der Waals surface area contributed by atoms with Crippen LogP contribution in [0.25, 0.3) is 0 Å². The molecule has 7 nitrogen and oxygen atoms in total. The lowest BCUT2D eigenvalue weighted by atomic mass is 9.90. The number of likely N-dealkylation sites (tertiary alicyclic amines) is 1. The zero-order valence-electron chi connectivity index (χ0n) is 18.6. The first-order valence-corrected chi connectivity index (χ1v) is 11.9. The third kappa shape index (κ3) is 5.68. The molecule has 0 N–H and O–H groups in total. The maximum absolute atomic E-state index is 13.0. The van der Waals surface area contributed by atoms with E-state index in [1.807, 2.05) is 36.1 Å². The van der Waals surface area contributed by atoms with Gasteiger partial charge in [0.15, 0.2) is 0 Å². The van der Waals surface area contributed by atoms with E-state index in [0.717, 1.165) is 43.7 Å². The van der Waals surface area contributed by atoms with Crippen molar-refractivity contribution in [2.45, 2.75) is 43.1 Å². The molecule has 4 rings (SSSR count). The van der Waals surface area contributed by atoms with Crippen LogP contribution in [-0.2, 0) is 17.8 Å². The molecule has 1 fully saturated rings. The zero-order valence-corrected chi connectivity index (χ0v) is 19.4. The average molecular weight is 452 g/mol. The van der Waals surface area contributed by atoms with Crippen LogP contribution in [0.3, 0.4) is 0 Å². The number of tetrazole rings is 1. The first-order valence-electron chi connectivity index (χ1n) is 11.0. The molecular weight excluding hydrogens is 422 g/mol. The minimum absolute atomic E-state index is 0.159. The Morgan fingerprint density at radius 2 is 1.81 bits per heavy atom. The monoisotopic (exact) mass is 451 g/mol. The molecule has 1 amide bonds. The Balaban J connectivity index is 1.29. The Hall–Kier alpha value is -2.87. The molecule has 0 bridgehead atoms. The van der Waals surface area contributed by atoms with Crippen LogP contribution in [-0.4, -0.2) is 56.5 Å². The summed E-state index contributed by atoms with van der Waals surface area (Å²) in [7, 11) is 1.65. The van der Waals surface area contributed by atoms with Crippen molar-refractivity contribution >= 4 is 17.7 Å². The van der Waals surface area contributed by atoms with E-state index in [1.165, 1.54) is 17.3 Å². The van der Waals surface area contributed by atoms with Crippen LogP contribution in [0.15, 0.2) is 59.8 Å². The fourth-order valence-electron chi connectivity index (χ4n) is 4.05. The van der Waals surface area contributed by atoms with E-state index < -0.39 is 0 Å². The second-order valence-electron chi connectivity index (χ2n) is 8.19. The minimum Gasteiger partial charge on any atom is -0.497 e. The minimum atomic E-state index is -0.235. The number of ether oxygens (including phenoxy) is 1. The molecule has 168 valence electrons. The van der Waals surface area contributed by atoms with Gasteiger partial charge < -0.3 is 9.64 Å². The third-order valence-electron chi connectivity index (χ3n) is 5.91. The van der Waals surface area contributed by atoms with Gasteiger partial charge in [0.1, 0.15) is 5.75 Å². The predicted octanol–water partition coefficient (Wildman–Crippen LogP) is 3.69. The summed E-state index contributed by atoms with van der Waals surface area (Å²) in [5.74, 6) is 1.61. The number of hydrogen-bond acceptors (Lipinski definition) is 6. The molecule has 2 aromatic carbocycles. The van der Waals surface area contributed by atoms with Crippen LogP contribution in [0, 0.1) is 5.92 Å². The van der Waals surface area contributed by atoms with Crippen LogP contribution in [0.1, 0.15) is 30.9 Å². The molecule has 2 heterocycles. The van der Waals surface area contributed by atoms with Gasteiger partial charge in [0.25, 0.3) is 0 Å². The molecule has 1 atom stereocenters. The van der Waals surface area contributed by atoms with Gasteiger partial charge in [-0.05, 0) is 65.8 Å². The third-order valence-corrected chi connectivity index (χ3v) is 6.97. The number of nitrogens with zero attached hydrogens (tertiary/aromatic N) is 5.